The van der Waals surface area contributed by atoms with Crippen molar-refractivity contribution in [3.63, 3.8) is 0 Å². The summed E-state index contributed by atoms with van der Waals surface area (Å²) in [5, 5.41) is -0.291. The average molecular weight is 342 g/mol. The van der Waals surface area contributed by atoms with Crippen LogP contribution >= 0.6 is 11.6 Å². The second-order valence-electron chi connectivity index (χ2n) is 4.58. The number of benzene rings is 1. The van der Waals surface area contributed by atoms with E-state index in [9.17, 15) is 18.8 Å². The maximum Gasteiger partial charge on any atom is 0.343 e. The summed E-state index contributed by atoms with van der Waals surface area (Å²) >= 11 is 5.74. The number of aromatic nitrogens is 1. The van der Waals surface area contributed by atoms with Gasteiger partial charge in [0.2, 0.25) is 5.43 Å². The van der Waals surface area contributed by atoms with Crippen LogP contribution in [0.15, 0.2) is 23.1 Å². The molecule has 0 N–H and O–H groups in total. The molecule has 0 unspecified atom stereocenters. The van der Waals surface area contributed by atoms with Gasteiger partial charge in [-0.3, -0.25) is 9.59 Å². The molecule has 23 heavy (non-hydrogen) atoms. The number of hydrogen-bond donors (Lipinski definition) is 0. The summed E-state index contributed by atoms with van der Waals surface area (Å²) in [5.41, 5.74) is -0.792. The molecule has 0 bridgehead atoms. The van der Waals surface area contributed by atoms with Crippen LogP contribution in [-0.4, -0.2) is 30.2 Å². The molecule has 0 aliphatic rings. The molecule has 0 amide bonds. The van der Waals surface area contributed by atoms with E-state index in [1.165, 1.54) is 23.9 Å². The number of esters is 2. The monoisotopic (exact) mass is 341 g/mol. The van der Waals surface area contributed by atoms with Crippen LogP contribution in [0.1, 0.15) is 17.3 Å². The molecule has 0 fully saturated rings. The molecule has 1 aromatic carbocycles. The number of halogens is 2. The van der Waals surface area contributed by atoms with Gasteiger partial charge in [-0.25, -0.2) is 9.18 Å². The van der Waals surface area contributed by atoms with E-state index < -0.39 is 23.2 Å². The number of hydrogen-bond acceptors (Lipinski definition) is 5. The van der Waals surface area contributed by atoms with Crippen LogP contribution < -0.4 is 5.43 Å². The van der Waals surface area contributed by atoms with Crippen LogP contribution in [0.5, 0.6) is 0 Å². The Bertz CT molecular complexity index is 846. The van der Waals surface area contributed by atoms with E-state index in [0.29, 0.717) is 0 Å². The van der Waals surface area contributed by atoms with Gasteiger partial charge in [-0.2, -0.15) is 0 Å². The zero-order valence-electron chi connectivity index (χ0n) is 12.4. The van der Waals surface area contributed by atoms with E-state index in [-0.39, 0.29) is 34.6 Å². The Morgan fingerprint density at radius 1 is 1.35 bits per heavy atom. The summed E-state index contributed by atoms with van der Waals surface area (Å²) in [7, 11) is 1.20. The van der Waals surface area contributed by atoms with Gasteiger partial charge in [-0.05, 0) is 19.1 Å². The van der Waals surface area contributed by atoms with Gasteiger partial charge in [0.25, 0.3) is 0 Å². The Labute approximate surface area is 135 Å². The van der Waals surface area contributed by atoms with E-state index in [1.807, 2.05) is 0 Å². The molecular formula is C15H13ClFNO5. The normalized spacial score (nSPS) is 10.6. The fourth-order valence-corrected chi connectivity index (χ4v) is 2.23. The van der Waals surface area contributed by atoms with Crippen LogP contribution in [0.4, 0.5) is 4.39 Å². The van der Waals surface area contributed by atoms with Gasteiger partial charge in [0.15, 0.2) is 0 Å². The number of methoxy groups -OCH3 is 1. The lowest BCUT2D eigenvalue weighted by Crippen LogP contribution is -2.23. The van der Waals surface area contributed by atoms with Crippen LogP contribution in [0.2, 0.25) is 5.02 Å². The minimum absolute atomic E-state index is 0.0717. The van der Waals surface area contributed by atoms with Crippen LogP contribution in [-0.2, 0) is 20.8 Å². The van der Waals surface area contributed by atoms with Gasteiger partial charge in [-0.15, -0.1) is 0 Å². The molecule has 0 aliphatic carbocycles. The lowest BCUT2D eigenvalue weighted by atomic mass is 10.1. The molecule has 0 radical (unpaired) electrons. The van der Waals surface area contributed by atoms with E-state index in [4.69, 9.17) is 16.3 Å². The molecule has 2 rings (SSSR count). The van der Waals surface area contributed by atoms with Crippen molar-refractivity contribution in [1.29, 1.82) is 0 Å². The van der Waals surface area contributed by atoms with Gasteiger partial charge in [-0.1, -0.05) is 11.6 Å². The third-order valence-corrected chi connectivity index (χ3v) is 3.43. The highest BCUT2D eigenvalue weighted by Crippen LogP contribution is 2.22. The molecule has 8 heteroatoms. The molecule has 122 valence electrons. The highest BCUT2D eigenvalue weighted by atomic mass is 35.5. The highest BCUT2D eigenvalue weighted by molar-refractivity contribution is 6.31. The molecule has 0 atom stereocenters. The van der Waals surface area contributed by atoms with Crippen molar-refractivity contribution in [2.45, 2.75) is 13.5 Å². The fraction of sp³-hybridized carbons (Fsp3) is 0.267. The summed E-state index contributed by atoms with van der Waals surface area (Å²) in [6, 6.07) is 2.14. The highest BCUT2D eigenvalue weighted by Gasteiger charge is 2.19. The first-order valence-electron chi connectivity index (χ1n) is 6.65. The molecule has 2 aromatic rings. The predicted octanol–water partition coefficient (Wildman–Crippen LogP) is 2.14. The van der Waals surface area contributed by atoms with Gasteiger partial charge in [0.1, 0.15) is 17.9 Å². The van der Waals surface area contributed by atoms with Crippen molar-refractivity contribution < 1.29 is 23.5 Å². The zero-order chi connectivity index (χ0) is 17.1. The van der Waals surface area contributed by atoms with Crippen molar-refractivity contribution in [1.82, 2.24) is 4.57 Å². The number of carbonyl (C=O) groups excluding carboxylic acids is 2. The maximum atomic E-state index is 13.7. The lowest BCUT2D eigenvalue weighted by molar-refractivity contribution is -0.141. The minimum Gasteiger partial charge on any atom is -0.468 e. The third-order valence-electron chi connectivity index (χ3n) is 3.14. The first kappa shape index (κ1) is 17.0. The Balaban J connectivity index is 2.77. The summed E-state index contributed by atoms with van der Waals surface area (Å²) in [6.07, 6.45) is 1.17. The Hall–Kier alpha value is -2.41. The van der Waals surface area contributed by atoms with Crippen molar-refractivity contribution in [3.8, 4) is 0 Å². The van der Waals surface area contributed by atoms with Crippen molar-refractivity contribution in [2.24, 2.45) is 0 Å². The second-order valence-corrected chi connectivity index (χ2v) is 4.99. The summed E-state index contributed by atoms with van der Waals surface area (Å²) < 4.78 is 24.4. The smallest absolute Gasteiger partial charge is 0.343 e. The SMILES string of the molecule is CCOC(=O)c1cn(CC(=O)OC)c2cc(Cl)c(F)cc2c1=O. The number of carbonyl (C=O) groups is 2. The van der Waals surface area contributed by atoms with E-state index in [1.54, 1.807) is 6.92 Å². The summed E-state index contributed by atoms with van der Waals surface area (Å²) in [5.74, 6) is -2.26. The quantitative estimate of drug-likeness (QED) is 0.796. The fourth-order valence-electron chi connectivity index (χ4n) is 2.07. The molecule has 0 saturated heterocycles. The van der Waals surface area contributed by atoms with E-state index in [0.717, 1.165) is 6.07 Å². The Morgan fingerprint density at radius 3 is 2.65 bits per heavy atom. The van der Waals surface area contributed by atoms with Crippen molar-refractivity contribution in [3.05, 3.63) is 45.0 Å². The van der Waals surface area contributed by atoms with Crippen molar-refractivity contribution >= 4 is 34.4 Å². The van der Waals surface area contributed by atoms with Gasteiger partial charge in [0, 0.05) is 11.6 Å². The molecule has 1 heterocycles. The van der Waals surface area contributed by atoms with Crippen LogP contribution in [0, 0.1) is 5.82 Å². The lowest BCUT2D eigenvalue weighted by Gasteiger charge is -2.12. The first-order chi connectivity index (χ1) is 10.9. The zero-order valence-corrected chi connectivity index (χ0v) is 13.1. The maximum absolute atomic E-state index is 13.7. The topological polar surface area (TPSA) is 74.6 Å². The molecular weight excluding hydrogens is 329 g/mol. The number of rotatable bonds is 4. The van der Waals surface area contributed by atoms with Gasteiger partial charge >= 0.3 is 11.9 Å². The first-order valence-corrected chi connectivity index (χ1v) is 7.03. The largest absolute Gasteiger partial charge is 0.468 e. The number of ether oxygens (including phenoxy) is 2. The minimum atomic E-state index is -0.853. The Kier molecular flexibility index (Phi) is 5.00. The number of fused-ring (bicyclic) bond motifs is 1. The van der Waals surface area contributed by atoms with Crippen LogP contribution in [0.25, 0.3) is 10.9 Å². The number of pyridine rings is 1. The number of nitrogens with zero attached hydrogens (tertiary/aromatic N) is 1. The second kappa shape index (κ2) is 6.78. The van der Waals surface area contributed by atoms with Gasteiger partial charge < -0.3 is 14.0 Å². The summed E-state index contributed by atoms with van der Waals surface area (Å²) in [4.78, 5) is 35.8. The molecule has 6 nitrogen and oxygen atoms in total. The summed E-state index contributed by atoms with van der Waals surface area (Å²) in [6.45, 7) is 1.38. The van der Waals surface area contributed by atoms with E-state index >= 15 is 0 Å². The molecule has 1 aromatic heterocycles. The average Bonchev–Trinajstić information content (AvgIpc) is 2.52. The predicted molar refractivity (Wildman–Crippen MR) is 81.1 cm³/mol. The van der Waals surface area contributed by atoms with Crippen molar-refractivity contribution in [2.75, 3.05) is 13.7 Å². The molecule has 0 saturated carbocycles. The van der Waals surface area contributed by atoms with Gasteiger partial charge in [0.05, 0.1) is 24.3 Å². The molecule has 0 aliphatic heterocycles. The van der Waals surface area contributed by atoms with E-state index in [2.05, 4.69) is 4.74 Å². The standard InChI is InChI=1S/C15H13ClFNO5/c1-3-23-15(21)9-6-18(7-13(19)22-2)12-5-10(16)11(17)4-8(12)14(9)20/h4-6H,3,7H2,1-2H3. The third kappa shape index (κ3) is 3.34. The molecule has 0 spiro atoms. The van der Waals surface area contributed by atoms with Crippen LogP contribution in [0.3, 0.4) is 0 Å². The Morgan fingerprint density at radius 2 is 2.04 bits per heavy atom.